The highest BCUT2D eigenvalue weighted by Gasteiger charge is 2.17. The summed E-state index contributed by atoms with van der Waals surface area (Å²) in [5, 5.41) is 12.2. The Bertz CT molecular complexity index is 661. The van der Waals surface area contributed by atoms with Crippen molar-refractivity contribution in [2.45, 2.75) is 20.3 Å². The molecule has 0 aliphatic carbocycles. The molecule has 0 bridgehead atoms. The molecule has 0 aliphatic rings. The molecule has 104 valence electrons. The number of thiophene rings is 1. The van der Waals surface area contributed by atoms with Crippen LogP contribution in [0.5, 0.6) is 0 Å². The summed E-state index contributed by atoms with van der Waals surface area (Å²) in [6.07, 6.45) is 0.741. The van der Waals surface area contributed by atoms with E-state index < -0.39 is 5.97 Å². The zero-order chi connectivity index (χ0) is 14.7. The molecular weight excluding hydrogens is 274 g/mol. The average Bonchev–Trinajstić information content (AvgIpc) is 2.82. The lowest BCUT2D eigenvalue weighted by Gasteiger charge is -2.04. The molecule has 1 aromatic heterocycles. The van der Waals surface area contributed by atoms with E-state index in [0.29, 0.717) is 10.6 Å². The highest BCUT2D eigenvalue weighted by Crippen LogP contribution is 2.29. The van der Waals surface area contributed by atoms with Gasteiger partial charge in [-0.2, -0.15) is 0 Å². The van der Waals surface area contributed by atoms with Gasteiger partial charge in [0.2, 0.25) is 0 Å². The Morgan fingerprint density at radius 2 is 2.05 bits per heavy atom. The summed E-state index contributed by atoms with van der Waals surface area (Å²) >= 11 is 1.30. The molecule has 2 rings (SSSR count). The third-order valence-corrected chi connectivity index (χ3v) is 4.06. The van der Waals surface area contributed by atoms with E-state index in [2.05, 4.69) is 5.32 Å². The van der Waals surface area contributed by atoms with Crippen molar-refractivity contribution < 1.29 is 14.7 Å². The van der Waals surface area contributed by atoms with Crippen LogP contribution >= 0.6 is 11.3 Å². The van der Waals surface area contributed by atoms with Crippen molar-refractivity contribution in [3.8, 4) is 0 Å². The second kappa shape index (κ2) is 5.88. The molecule has 0 radical (unpaired) electrons. The molecule has 20 heavy (non-hydrogen) atoms. The van der Waals surface area contributed by atoms with Crippen LogP contribution in [-0.4, -0.2) is 17.0 Å². The van der Waals surface area contributed by atoms with Gasteiger partial charge >= 0.3 is 5.97 Å². The fourth-order valence-corrected chi connectivity index (χ4v) is 2.81. The topological polar surface area (TPSA) is 66.4 Å². The van der Waals surface area contributed by atoms with Crippen LogP contribution in [0.25, 0.3) is 0 Å². The fraction of sp³-hybridized carbons (Fsp3) is 0.200. The lowest BCUT2D eigenvalue weighted by molar-refractivity contribution is 0.0698. The van der Waals surface area contributed by atoms with Crippen molar-refractivity contribution in [2.75, 3.05) is 5.32 Å². The third-order valence-electron chi connectivity index (χ3n) is 2.87. The molecule has 0 saturated heterocycles. The number of benzene rings is 1. The normalized spacial score (nSPS) is 10.3. The zero-order valence-electron chi connectivity index (χ0n) is 11.3. The van der Waals surface area contributed by atoms with Crippen LogP contribution in [0, 0.1) is 6.92 Å². The predicted octanol–water partition coefficient (Wildman–Crippen LogP) is 3.57. The number of carbonyl (C=O) groups excluding carboxylic acids is 1. The number of amides is 1. The number of carbonyl (C=O) groups is 2. The Kier molecular flexibility index (Phi) is 4.20. The maximum Gasteiger partial charge on any atom is 0.338 e. The molecule has 0 atom stereocenters. The van der Waals surface area contributed by atoms with Crippen LogP contribution in [0.2, 0.25) is 0 Å². The minimum atomic E-state index is -1.03. The summed E-state index contributed by atoms with van der Waals surface area (Å²) in [6.45, 7) is 3.85. The molecule has 0 aliphatic heterocycles. The molecule has 0 fully saturated rings. The van der Waals surface area contributed by atoms with Crippen LogP contribution in [0.3, 0.4) is 0 Å². The highest BCUT2D eigenvalue weighted by atomic mass is 32.1. The zero-order valence-corrected chi connectivity index (χ0v) is 12.1. The monoisotopic (exact) mass is 289 g/mol. The molecule has 0 saturated carbocycles. The first-order valence-corrected chi connectivity index (χ1v) is 7.07. The summed E-state index contributed by atoms with van der Waals surface area (Å²) in [5.41, 5.74) is 1.65. The van der Waals surface area contributed by atoms with Crippen LogP contribution in [0.4, 0.5) is 5.00 Å². The van der Waals surface area contributed by atoms with Gasteiger partial charge in [0.1, 0.15) is 5.00 Å². The number of hydrogen-bond donors (Lipinski definition) is 2. The molecule has 2 aromatic rings. The van der Waals surface area contributed by atoms with Gasteiger partial charge in [0.25, 0.3) is 5.91 Å². The van der Waals surface area contributed by atoms with E-state index in [9.17, 15) is 9.59 Å². The van der Waals surface area contributed by atoms with Crippen molar-refractivity contribution in [1.82, 2.24) is 0 Å². The highest BCUT2D eigenvalue weighted by molar-refractivity contribution is 7.16. The second-order valence-electron chi connectivity index (χ2n) is 4.44. The van der Waals surface area contributed by atoms with Gasteiger partial charge in [0.05, 0.1) is 5.56 Å². The van der Waals surface area contributed by atoms with E-state index in [-0.39, 0.29) is 11.5 Å². The summed E-state index contributed by atoms with van der Waals surface area (Å²) in [5.74, 6) is -1.32. The fourth-order valence-electron chi connectivity index (χ4n) is 1.83. The van der Waals surface area contributed by atoms with Gasteiger partial charge in [0, 0.05) is 10.4 Å². The van der Waals surface area contributed by atoms with Gasteiger partial charge in [-0.05, 0) is 31.5 Å². The van der Waals surface area contributed by atoms with Gasteiger partial charge in [-0.25, -0.2) is 4.79 Å². The van der Waals surface area contributed by atoms with Crippen molar-refractivity contribution in [2.24, 2.45) is 0 Å². The molecule has 0 unspecified atom stereocenters. The van der Waals surface area contributed by atoms with E-state index in [0.717, 1.165) is 16.9 Å². The average molecular weight is 289 g/mol. The van der Waals surface area contributed by atoms with E-state index in [1.54, 1.807) is 24.3 Å². The molecule has 0 spiro atoms. The lowest BCUT2D eigenvalue weighted by atomic mass is 10.1. The molecule has 4 nitrogen and oxygen atoms in total. The Labute approximate surface area is 121 Å². The Morgan fingerprint density at radius 1 is 1.30 bits per heavy atom. The predicted molar refractivity (Wildman–Crippen MR) is 79.8 cm³/mol. The number of aryl methyl sites for hydroxylation is 2. The quantitative estimate of drug-likeness (QED) is 0.904. The minimum Gasteiger partial charge on any atom is -0.478 e. The van der Waals surface area contributed by atoms with Crippen molar-refractivity contribution >= 4 is 28.2 Å². The largest absolute Gasteiger partial charge is 0.478 e. The maximum absolute atomic E-state index is 12.1. The third kappa shape index (κ3) is 3.05. The number of anilines is 1. The molecular formula is C15H15NO3S. The van der Waals surface area contributed by atoms with Crippen LogP contribution < -0.4 is 5.32 Å². The smallest absolute Gasteiger partial charge is 0.338 e. The number of aromatic carboxylic acids is 1. The molecule has 1 amide bonds. The Balaban J connectivity index is 2.27. The maximum atomic E-state index is 12.1. The summed E-state index contributed by atoms with van der Waals surface area (Å²) < 4.78 is 0. The van der Waals surface area contributed by atoms with Crippen molar-refractivity contribution in [3.05, 3.63) is 51.9 Å². The number of carboxylic acid groups (broad SMARTS) is 1. The number of nitrogens with one attached hydrogen (secondary N) is 1. The van der Waals surface area contributed by atoms with Crippen molar-refractivity contribution in [3.63, 3.8) is 0 Å². The number of carboxylic acids is 1. The number of hydrogen-bond acceptors (Lipinski definition) is 3. The summed E-state index contributed by atoms with van der Waals surface area (Å²) in [6, 6.07) is 8.79. The van der Waals surface area contributed by atoms with Gasteiger partial charge in [-0.3, -0.25) is 4.79 Å². The standard InChI is InChI=1S/C15H15NO3S/c1-3-11-8-12(15(18)19)14(20-11)16-13(17)10-6-4-5-9(2)7-10/h4-8H,3H2,1-2H3,(H,16,17)(H,18,19). The molecule has 1 aromatic carbocycles. The first kappa shape index (κ1) is 14.3. The second-order valence-corrected chi connectivity index (χ2v) is 5.57. The summed E-state index contributed by atoms with van der Waals surface area (Å²) in [7, 11) is 0. The van der Waals surface area contributed by atoms with Gasteiger partial charge in [-0.15, -0.1) is 11.3 Å². The van der Waals surface area contributed by atoms with Crippen LogP contribution in [-0.2, 0) is 6.42 Å². The SMILES string of the molecule is CCc1cc(C(=O)O)c(NC(=O)c2cccc(C)c2)s1. The Hall–Kier alpha value is -2.14. The van der Waals surface area contributed by atoms with Crippen LogP contribution in [0.1, 0.15) is 38.1 Å². The Morgan fingerprint density at radius 3 is 2.65 bits per heavy atom. The van der Waals surface area contributed by atoms with E-state index in [1.807, 2.05) is 19.9 Å². The summed E-state index contributed by atoms with van der Waals surface area (Å²) in [4.78, 5) is 24.3. The minimum absolute atomic E-state index is 0.146. The number of rotatable bonds is 4. The van der Waals surface area contributed by atoms with Gasteiger partial charge in [0.15, 0.2) is 0 Å². The van der Waals surface area contributed by atoms with Gasteiger partial charge < -0.3 is 10.4 Å². The first-order valence-electron chi connectivity index (χ1n) is 6.25. The van der Waals surface area contributed by atoms with Crippen molar-refractivity contribution in [1.29, 1.82) is 0 Å². The first-order chi connectivity index (χ1) is 9.51. The molecule has 5 heteroatoms. The van der Waals surface area contributed by atoms with E-state index in [1.165, 1.54) is 11.3 Å². The lowest BCUT2D eigenvalue weighted by Crippen LogP contribution is -2.13. The molecule has 1 heterocycles. The van der Waals surface area contributed by atoms with Crippen LogP contribution in [0.15, 0.2) is 30.3 Å². The van der Waals surface area contributed by atoms with Gasteiger partial charge in [-0.1, -0.05) is 24.6 Å². The van der Waals surface area contributed by atoms with E-state index in [4.69, 9.17) is 5.11 Å². The van der Waals surface area contributed by atoms with E-state index >= 15 is 0 Å². The molecule has 2 N–H and O–H groups in total.